The zero-order valence-electron chi connectivity index (χ0n) is 6.83. The summed E-state index contributed by atoms with van der Waals surface area (Å²) < 4.78 is 0. The number of rotatable bonds is 0. The molecular weight excluding hydrogens is 197 g/mol. The first-order valence-corrected chi connectivity index (χ1v) is 3.63. The first-order chi connectivity index (χ1) is 4.88. The van der Waals surface area contributed by atoms with E-state index in [1.807, 2.05) is 0 Å². The third-order valence-corrected chi connectivity index (χ3v) is 1.99. The van der Waals surface area contributed by atoms with Crippen LogP contribution in [0.25, 0.3) is 0 Å². The quantitative estimate of drug-likeness (QED) is 0.680. The molecule has 0 aliphatic carbocycles. The van der Waals surface area contributed by atoms with Crippen LogP contribution < -0.4 is 5.32 Å². The van der Waals surface area contributed by atoms with E-state index >= 15 is 0 Å². The summed E-state index contributed by atoms with van der Waals surface area (Å²) in [5.74, 6) is 0. The van der Waals surface area contributed by atoms with Gasteiger partial charge in [0.05, 0.1) is 12.0 Å². The molecule has 1 aromatic heterocycles. The van der Waals surface area contributed by atoms with E-state index in [0.717, 1.165) is 13.0 Å². The number of aromatic amines is 1. The van der Waals surface area contributed by atoms with Crippen LogP contribution in [0.3, 0.4) is 0 Å². The Morgan fingerprint density at radius 3 is 2.92 bits per heavy atom. The molecular formula is C7H13Cl2N3. The number of nitrogens with zero attached hydrogens (tertiary/aromatic N) is 1. The smallest absolute Gasteiger partial charge is 0.0925 e. The zero-order chi connectivity index (χ0) is 6.97. The molecule has 3 nitrogen and oxygen atoms in total. The van der Waals surface area contributed by atoms with Gasteiger partial charge in [0.25, 0.3) is 0 Å². The average Bonchev–Trinajstić information content (AvgIpc) is 2.36. The molecule has 70 valence electrons. The summed E-state index contributed by atoms with van der Waals surface area (Å²) in [7, 11) is 0. The fourth-order valence-electron chi connectivity index (χ4n) is 1.42. The molecule has 5 heteroatoms. The van der Waals surface area contributed by atoms with Crippen LogP contribution in [-0.2, 0) is 6.42 Å². The normalized spacial score (nSPS) is 20.2. The molecule has 1 aliphatic rings. The van der Waals surface area contributed by atoms with Gasteiger partial charge in [0.15, 0.2) is 0 Å². The summed E-state index contributed by atoms with van der Waals surface area (Å²) in [6, 6.07) is 0.426. The van der Waals surface area contributed by atoms with Gasteiger partial charge in [-0.25, -0.2) is 4.98 Å². The predicted octanol–water partition coefficient (Wildman–Crippen LogP) is 1.46. The highest BCUT2D eigenvalue weighted by Crippen LogP contribution is 2.17. The van der Waals surface area contributed by atoms with Crippen molar-refractivity contribution in [2.45, 2.75) is 19.4 Å². The highest BCUT2D eigenvalue weighted by Gasteiger charge is 2.16. The van der Waals surface area contributed by atoms with Gasteiger partial charge in [-0.2, -0.15) is 0 Å². The van der Waals surface area contributed by atoms with E-state index in [4.69, 9.17) is 0 Å². The van der Waals surface area contributed by atoms with Crippen LogP contribution in [0.2, 0.25) is 0 Å². The predicted molar refractivity (Wildman–Crippen MR) is 53.2 cm³/mol. The molecule has 1 unspecified atom stereocenters. The molecule has 0 aromatic carbocycles. The van der Waals surface area contributed by atoms with Gasteiger partial charge < -0.3 is 10.3 Å². The van der Waals surface area contributed by atoms with Gasteiger partial charge in [-0.05, 0) is 6.92 Å². The third-order valence-electron chi connectivity index (χ3n) is 1.99. The van der Waals surface area contributed by atoms with Gasteiger partial charge >= 0.3 is 0 Å². The standard InChI is InChI=1S/C7H11N3.2ClH/c1-5-7-6(2-3-8-5)9-4-10-7;;/h4-5,8H,2-3H2,1H3,(H,9,10);2*1H. The summed E-state index contributed by atoms with van der Waals surface area (Å²) in [6.45, 7) is 3.20. The monoisotopic (exact) mass is 209 g/mol. The Hall–Kier alpha value is -0.250. The lowest BCUT2D eigenvalue weighted by Crippen LogP contribution is -2.27. The van der Waals surface area contributed by atoms with Crippen LogP contribution in [0.15, 0.2) is 6.33 Å². The minimum Gasteiger partial charge on any atom is -0.348 e. The highest BCUT2D eigenvalue weighted by molar-refractivity contribution is 5.85. The molecule has 0 saturated heterocycles. The van der Waals surface area contributed by atoms with Crippen LogP contribution in [-0.4, -0.2) is 16.5 Å². The van der Waals surface area contributed by atoms with E-state index in [9.17, 15) is 0 Å². The summed E-state index contributed by atoms with van der Waals surface area (Å²) in [5.41, 5.74) is 2.48. The molecule has 1 aliphatic heterocycles. The van der Waals surface area contributed by atoms with E-state index in [1.165, 1.54) is 11.4 Å². The first-order valence-electron chi connectivity index (χ1n) is 3.63. The van der Waals surface area contributed by atoms with Crippen molar-refractivity contribution in [2.75, 3.05) is 6.54 Å². The first kappa shape index (κ1) is 11.8. The molecule has 2 rings (SSSR count). The number of aromatic nitrogens is 2. The molecule has 2 N–H and O–H groups in total. The van der Waals surface area contributed by atoms with Crippen LogP contribution in [0, 0.1) is 0 Å². The molecule has 1 aromatic rings. The van der Waals surface area contributed by atoms with Crippen LogP contribution >= 0.6 is 24.8 Å². The van der Waals surface area contributed by atoms with Crippen molar-refractivity contribution < 1.29 is 0 Å². The fraction of sp³-hybridized carbons (Fsp3) is 0.571. The Morgan fingerprint density at radius 2 is 2.25 bits per heavy atom. The molecule has 0 amide bonds. The van der Waals surface area contributed by atoms with E-state index in [-0.39, 0.29) is 24.8 Å². The highest BCUT2D eigenvalue weighted by atomic mass is 35.5. The average molecular weight is 210 g/mol. The van der Waals surface area contributed by atoms with Gasteiger partial charge in [0.2, 0.25) is 0 Å². The van der Waals surface area contributed by atoms with Crippen molar-refractivity contribution in [3.8, 4) is 0 Å². The summed E-state index contributed by atoms with van der Waals surface area (Å²) in [4.78, 5) is 7.36. The maximum absolute atomic E-state index is 4.22. The van der Waals surface area contributed by atoms with Crippen molar-refractivity contribution in [1.82, 2.24) is 15.3 Å². The fourth-order valence-corrected chi connectivity index (χ4v) is 1.42. The number of halogens is 2. The Bertz CT molecular complexity index is 236. The largest absolute Gasteiger partial charge is 0.348 e. The van der Waals surface area contributed by atoms with Gasteiger partial charge in [-0.1, -0.05) is 0 Å². The Balaban J connectivity index is 0.000000605. The van der Waals surface area contributed by atoms with Crippen molar-refractivity contribution in [3.63, 3.8) is 0 Å². The summed E-state index contributed by atoms with van der Waals surface area (Å²) in [5, 5.41) is 3.34. The SMILES string of the molecule is CC1NCCc2[nH]cnc21.Cl.Cl. The number of hydrogen-bond acceptors (Lipinski definition) is 2. The van der Waals surface area contributed by atoms with Gasteiger partial charge in [0.1, 0.15) is 0 Å². The van der Waals surface area contributed by atoms with E-state index in [2.05, 4.69) is 22.2 Å². The summed E-state index contributed by atoms with van der Waals surface area (Å²) in [6.07, 6.45) is 2.86. The van der Waals surface area contributed by atoms with Crippen molar-refractivity contribution in [3.05, 3.63) is 17.7 Å². The van der Waals surface area contributed by atoms with E-state index < -0.39 is 0 Å². The Kier molecular flexibility index (Phi) is 4.60. The molecule has 0 radical (unpaired) electrons. The molecule has 0 spiro atoms. The lowest BCUT2D eigenvalue weighted by molar-refractivity contribution is 0.527. The lowest BCUT2D eigenvalue weighted by atomic mass is 10.1. The van der Waals surface area contributed by atoms with Crippen LogP contribution in [0.4, 0.5) is 0 Å². The zero-order valence-corrected chi connectivity index (χ0v) is 8.47. The second kappa shape index (κ2) is 4.70. The number of imidazole rings is 1. The van der Waals surface area contributed by atoms with Gasteiger partial charge in [-0.3, -0.25) is 0 Å². The number of nitrogens with one attached hydrogen (secondary N) is 2. The molecule has 12 heavy (non-hydrogen) atoms. The topological polar surface area (TPSA) is 40.7 Å². The maximum atomic E-state index is 4.22. The van der Waals surface area contributed by atoms with Crippen LogP contribution in [0.1, 0.15) is 24.4 Å². The molecule has 0 fully saturated rings. The van der Waals surface area contributed by atoms with Crippen LogP contribution in [0.5, 0.6) is 0 Å². The van der Waals surface area contributed by atoms with Crippen molar-refractivity contribution in [2.24, 2.45) is 0 Å². The second-order valence-electron chi connectivity index (χ2n) is 2.69. The minimum atomic E-state index is 0. The maximum Gasteiger partial charge on any atom is 0.0925 e. The van der Waals surface area contributed by atoms with Gasteiger partial charge in [-0.15, -0.1) is 24.8 Å². The molecule has 1 atom stereocenters. The lowest BCUT2D eigenvalue weighted by Gasteiger charge is -2.18. The van der Waals surface area contributed by atoms with E-state index in [0.29, 0.717) is 6.04 Å². The number of hydrogen-bond donors (Lipinski definition) is 2. The third kappa shape index (κ3) is 1.91. The molecule has 0 saturated carbocycles. The van der Waals surface area contributed by atoms with Gasteiger partial charge in [0, 0.05) is 24.7 Å². The summed E-state index contributed by atoms with van der Waals surface area (Å²) >= 11 is 0. The van der Waals surface area contributed by atoms with Crippen molar-refractivity contribution in [1.29, 1.82) is 0 Å². The van der Waals surface area contributed by atoms with Crippen molar-refractivity contribution >= 4 is 24.8 Å². The number of fused-ring (bicyclic) bond motifs is 1. The second-order valence-corrected chi connectivity index (χ2v) is 2.69. The number of H-pyrrole nitrogens is 1. The minimum absolute atomic E-state index is 0. The Morgan fingerprint density at radius 1 is 1.50 bits per heavy atom. The Labute approximate surface area is 84.2 Å². The molecule has 0 bridgehead atoms. The molecule has 2 heterocycles. The van der Waals surface area contributed by atoms with E-state index in [1.54, 1.807) is 6.33 Å².